The predicted octanol–water partition coefficient (Wildman–Crippen LogP) is 4.48. The van der Waals surface area contributed by atoms with Gasteiger partial charge < -0.3 is 4.74 Å². The highest BCUT2D eigenvalue weighted by Gasteiger charge is 2.48. The summed E-state index contributed by atoms with van der Waals surface area (Å²) in [7, 11) is -4.11. The van der Waals surface area contributed by atoms with Crippen molar-refractivity contribution in [3.05, 3.63) is 90.0 Å². The molecule has 0 aliphatic carbocycles. The smallest absolute Gasteiger partial charge is 0.252 e. The molecule has 1 fully saturated rings. The molecule has 2 amide bonds. The Labute approximate surface area is 206 Å². The lowest BCUT2D eigenvalue weighted by molar-refractivity contribution is -0.122. The van der Waals surface area contributed by atoms with Crippen LogP contribution in [0.2, 0.25) is 0 Å². The van der Waals surface area contributed by atoms with Crippen molar-refractivity contribution in [2.75, 3.05) is 11.5 Å². The van der Waals surface area contributed by atoms with Crippen LogP contribution in [0.5, 0.6) is 5.75 Å². The molecule has 3 aromatic carbocycles. The summed E-state index contributed by atoms with van der Waals surface area (Å²) < 4.78 is 34.4. The average molecular weight is 493 g/mol. The Morgan fingerprint density at radius 1 is 0.971 bits per heavy atom. The highest BCUT2D eigenvalue weighted by atomic mass is 32.2. The lowest BCUT2D eigenvalue weighted by Gasteiger charge is -2.32. The van der Waals surface area contributed by atoms with Gasteiger partial charge in [0.15, 0.2) is 0 Å². The molecule has 1 aliphatic rings. The van der Waals surface area contributed by atoms with E-state index in [-0.39, 0.29) is 11.3 Å². The van der Waals surface area contributed by atoms with Crippen molar-refractivity contribution in [1.82, 2.24) is 4.31 Å². The second-order valence-electron chi connectivity index (χ2n) is 8.45. The zero-order valence-corrected chi connectivity index (χ0v) is 20.7. The van der Waals surface area contributed by atoms with Gasteiger partial charge >= 0.3 is 0 Å². The fourth-order valence-electron chi connectivity index (χ4n) is 4.30. The van der Waals surface area contributed by atoms with Crippen molar-refractivity contribution in [3.8, 4) is 5.75 Å². The van der Waals surface area contributed by atoms with E-state index >= 15 is 0 Å². The van der Waals surface area contributed by atoms with Gasteiger partial charge in [-0.2, -0.15) is 4.31 Å². The Balaban J connectivity index is 1.75. The molecule has 3 aromatic rings. The number of carbonyl (C=O) groups excluding carboxylic acids is 2. The summed E-state index contributed by atoms with van der Waals surface area (Å²) >= 11 is 0. The number of anilines is 1. The average Bonchev–Trinajstić information content (AvgIpc) is 3.14. The number of hydrogen-bond acceptors (Lipinski definition) is 5. The van der Waals surface area contributed by atoms with Crippen LogP contribution in [0.15, 0.2) is 83.8 Å². The van der Waals surface area contributed by atoms with Gasteiger partial charge in [-0.3, -0.25) is 9.59 Å². The van der Waals surface area contributed by atoms with Gasteiger partial charge in [0, 0.05) is 6.04 Å². The minimum absolute atomic E-state index is 0.0747. The number of carbonyl (C=O) groups is 2. The second-order valence-corrected chi connectivity index (χ2v) is 10.3. The predicted molar refractivity (Wildman–Crippen MR) is 134 cm³/mol. The van der Waals surface area contributed by atoms with E-state index in [2.05, 4.69) is 0 Å². The van der Waals surface area contributed by atoms with E-state index in [0.717, 1.165) is 16.0 Å². The fraction of sp³-hybridized carbons (Fsp3) is 0.259. The van der Waals surface area contributed by atoms with Gasteiger partial charge in [0.25, 0.3) is 5.91 Å². The molecule has 4 rings (SSSR count). The van der Waals surface area contributed by atoms with E-state index in [4.69, 9.17) is 4.74 Å². The van der Waals surface area contributed by atoms with Crippen LogP contribution in [-0.4, -0.2) is 37.2 Å². The van der Waals surface area contributed by atoms with Gasteiger partial charge in [-0.25, -0.2) is 13.3 Å². The molecule has 1 heterocycles. The van der Waals surface area contributed by atoms with Gasteiger partial charge in [0.1, 0.15) is 11.8 Å². The first-order valence-corrected chi connectivity index (χ1v) is 12.9. The highest BCUT2D eigenvalue weighted by molar-refractivity contribution is 7.89. The number of aryl methyl sites for hydroxylation is 1. The Kier molecular flexibility index (Phi) is 7.05. The van der Waals surface area contributed by atoms with Crippen LogP contribution in [0.3, 0.4) is 0 Å². The summed E-state index contributed by atoms with van der Waals surface area (Å²) in [4.78, 5) is 27.8. The van der Waals surface area contributed by atoms with E-state index in [0.29, 0.717) is 18.0 Å². The minimum atomic E-state index is -4.11. The lowest BCUT2D eigenvalue weighted by Crippen LogP contribution is -2.46. The number of nitrogens with zero attached hydrogens (tertiary/aromatic N) is 2. The van der Waals surface area contributed by atoms with Crippen LogP contribution in [0, 0.1) is 6.92 Å². The van der Waals surface area contributed by atoms with E-state index in [9.17, 15) is 18.0 Å². The third-order valence-electron chi connectivity index (χ3n) is 6.10. The van der Waals surface area contributed by atoms with Crippen molar-refractivity contribution in [3.63, 3.8) is 0 Å². The first-order chi connectivity index (χ1) is 16.7. The Morgan fingerprint density at radius 2 is 1.60 bits per heavy atom. The van der Waals surface area contributed by atoms with Gasteiger partial charge in [-0.1, -0.05) is 48.0 Å². The largest absolute Gasteiger partial charge is 0.494 e. The van der Waals surface area contributed by atoms with E-state index in [1.165, 1.54) is 16.4 Å². The maximum absolute atomic E-state index is 13.9. The number of benzene rings is 3. The van der Waals surface area contributed by atoms with Crippen molar-refractivity contribution in [1.29, 1.82) is 0 Å². The molecule has 0 radical (unpaired) electrons. The summed E-state index contributed by atoms with van der Waals surface area (Å²) in [6.07, 6.45) is -0.242. The number of ether oxygens (including phenoxy) is 1. The monoisotopic (exact) mass is 492 g/mol. The molecule has 2 unspecified atom stereocenters. The topological polar surface area (TPSA) is 84.0 Å². The Morgan fingerprint density at radius 3 is 2.20 bits per heavy atom. The summed E-state index contributed by atoms with van der Waals surface area (Å²) in [5.41, 5.74) is 2.02. The summed E-state index contributed by atoms with van der Waals surface area (Å²) in [6.45, 7) is 5.96. The maximum atomic E-state index is 13.9. The molecule has 1 aliphatic heterocycles. The van der Waals surface area contributed by atoms with Crippen LogP contribution in [0.25, 0.3) is 0 Å². The van der Waals surface area contributed by atoms with Gasteiger partial charge in [-0.15, -0.1) is 0 Å². The van der Waals surface area contributed by atoms with E-state index < -0.39 is 33.9 Å². The van der Waals surface area contributed by atoms with Crippen LogP contribution < -0.4 is 9.64 Å². The molecule has 0 saturated carbocycles. The van der Waals surface area contributed by atoms with E-state index in [1.54, 1.807) is 43.3 Å². The molecule has 1 saturated heterocycles. The third kappa shape index (κ3) is 4.85. The van der Waals surface area contributed by atoms with E-state index in [1.807, 2.05) is 44.2 Å². The normalized spacial score (nSPS) is 17.1. The molecule has 2 atom stereocenters. The molecule has 0 N–H and O–H groups in total. The first kappa shape index (κ1) is 24.6. The lowest BCUT2D eigenvalue weighted by atomic mass is 10.1. The number of rotatable bonds is 8. The van der Waals surface area contributed by atoms with Gasteiger partial charge in [-0.05, 0) is 62.7 Å². The summed E-state index contributed by atoms with van der Waals surface area (Å²) in [5, 5.41) is 0. The van der Waals surface area contributed by atoms with Gasteiger partial charge in [0.2, 0.25) is 15.9 Å². The molecule has 182 valence electrons. The zero-order valence-electron chi connectivity index (χ0n) is 19.9. The SMILES string of the molecule is CCOc1ccc(N2C(=O)CC(N(C(C)c3ccccc3)S(=O)(=O)c3ccc(C)cc3)C2=O)cc1. The van der Waals surface area contributed by atoms with Crippen LogP contribution >= 0.6 is 0 Å². The van der Waals surface area contributed by atoms with Crippen molar-refractivity contribution >= 4 is 27.5 Å². The van der Waals surface area contributed by atoms with Crippen LogP contribution in [-0.2, 0) is 19.6 Å². The Hall–Kier alpha value is -3.49. The molecule has 8 heteroatoms. The highest BCUT2D eigenvalue weighted by Crippen LogP contribution is 2.36. The summed E-state index contributed by atoms with van der Waals surface area (Å²) in [5.74, 6) is -0.403. The fourth-order valence-corrected chi connectivity index (χ4v) is 6.06. The van der Waals surface area contributed by atoms with Crippen LogP contribution in [0.1, 0.15) is 37.4 Å². The standard InChI is InChI=1S/C27H28N2O5S/c1-4-34-23-14-12-22(13-15-23)28-26(30)18-25(27(28)31)29(20(3)21-8-6-5-7-9-21)35(32,33)24-16-10-19(2)11-17-24/h5-17,20,25H,4,18H2,1-3H3. The number of imide groups is 1. The molecule has 0 spiro atoms. The van der Waals surface area contributed by atoms with Crippen LogP contribution in [0.4, 0.5) is 5.69 Å². The molecule has 0 bridgehead atoms. The van der Waals surface area contributed by atoms with Crippen molar-refractivity contribution in [2.45, 2.75) is 44.2 Å². The molecule has 0 aromatic heterocycles. The second kappa shape index (κ2) is 10.0. The Bertz CT molecular complexity index is 1310. The van der Waals surface area contributed by atoms with Gasteiger partial charge in [0.05, 0.1) is 23.6 Å². The number of amides is 2. The maximum Gasteiger partial charge on any atom is 0.252 e. The minimum Gasteiger partial charge on any atom is -0.494 e. The third-order valence-corrected chi connectivity index (χ3v) is 8.09. The molecule has 7 nitrogen and oxygen atoms in total. The molecular formula is C27H28N2O5S. The summed E-state index contributed by atoms with van der Waals surface area (Å²) in [6, 6.07) is 20.4. The number of hydrogen-bond donors (Lipinski definition) is 0. The molecule has 35 heavy (non-hydrogen) atoms. The number of sulfonamides is 1. The van der Waals surface area contributed by atoms with Crippen molar-refractivity contribution < 1.29 is 22.7 Å². The molecular weight excluding hydrogens is 464 g/mol. The van der Waals surface area contributed by atoms with Crippen molar-refractivity contribution in [2.24, 2.45) is 0 Å². The first-order valence-electron chi connectivity index (χ1n) is 11.5. The zero-order chi connectivity index (χ0) is 25.2. The quantitative estimate of drug-likeness (QED) is 0.433.